The average molecular weight is 260 g/mol. The zero-order valence-electron chi connectivity index (χ0n) is 10.4. The van der Waals surface area contributed by atoms with E-state index < -0.39 is 0 Å². The van der Waals surface area contributed by atoms with Crippen molar-refractivity contribution in [3.63, 3.8) is 0 Å². The molecule has 0 saturated carbocycles. The van der Waals surface area contributed by atoms with Crippen molar-refractivity contribution in [3.8, 4) is 11.5 Å². The van der Waals surface area contributed by atoms with Crippen molar-refractivity contribution >= 4 is 6.29 Å². The first-order valence-electron chi connectivity index (χ1n) is 5.73. The zero-order chi connectivity index (χ0) is 13.7. The van der Waals surface area contributed by atoms with Gasteiger partial charge in [0.1, 0.15) is 18.7 Å². The molecule has 0 atom stereocenters. The second kappa shape index (κ2) is 6.00. The maximum Gasteiger partial charge on any atom is 0.162 e. The van der Waals surface area contributed by atoms with Crippen molar-refractivity contribution in [2.24, 2.45) is 0 Å². The molecule has 0 aliphatic heterocycles. The summed E-state index contributed by atoms with van der Waals surface area (Å²) in [4.78, 5) is 10.7. The summed E-state index contributed by atoms with van der Waals surface area (Å²) in [7, 11) is 1.52. The third kappa shape index (κ3) is 3.31. The maximum absolute atomic E-state index is 13.0. The molecule has 0 spiro atoms. The highest BCUT2D eigenvalue weighted by Gasteiger charge is 2.06. The van der Waals surface area contributed by atoms with Gasteiger partial charge >= 0.3 is 0 Å². The van der Waals surface area contributed by atoms with E-state index in [0.29, 0.717) is 22.6 Å². The summed E-state index contributed by atoms with van der Waals surface area (Å²) in [5.41, 5.74) is 1.20. The molecule has 2 aromatic rings. The predicted octanol–water partition coefficient (Wildman–Crippen LogP) is 3.23. The topological polar surface area (TPSA) is 35.5 Å². The van der Waals surface area contributed by atoms with Crippen LogP contribution in [0, 0.1) is 5.82 Å². The molecule has 2 aromatic carbocycles. The fourth-order valence-corrected chi connectivity index (χ4v) is 1.67. The highest BCUT2D eigenvalue weighted by atomic mass is 19.1. The van der Waals surface area contributed by atoms with Crippen LogP contribution in [-0.4, -0.2) is 13.4 Å². The largest absolute Gasteiger partial charge is 0.493 e. The Balaban J connectivity index is 2.16. The van der Waals surface area contributed by atoms with Crippen LogP contribution in [0.5, 0.6) is 11.5 Å². The normalized spacial score (nSPS) is 10.0. The van der Waals surface area contributed by atoms with Gasteiger partial charge in [0.25, 0.3) is 0 Å². The van der Waals surface area contributed by atoms with Crippen LogP contribution in [0.15, 0.2) is 42.5 Å². The molecular formula is C15H13FO3. The van der Waals surface area contributed by atoms with Gasteiger partial charge < -0.3 is 9.47 Å². The molecule has 3 nitrogen and oxygen atoms in total. The number of carbonyl (C=O) groups excluding carboxylic acids is 1. The van der Waals surface area contributed by atoms with E-state index in [1.807, 2.05) is 0 Å². The van der Waals surface area contributed by atoms with Gasteiger partial charge in [0, 0.05) is 5.56 Å². The Morgan fingerprint density at radius 1 is 1.16 bits per heavy atom. The first kappa shape index (κ1) is 13.1. The lowest BCUT2D eigenvalue weighted by molar-refractivity contribution is 0.112. The van der Waals surface area contributed by atoms with Gasteiger partial charge in [-0.3, -0.25) is 4.79 Å². The molecule has 0 aliphatic rings. The first-order valence-corrected chi connectivity index (χ1v) is 5.73. The van der Waals surface area contributed by atoms with Crippen LogP contribution in [-0.2, 0) is 6.61 Å². The second-order valence-corrected chi connectivity index (χ2v) is 3.95. The van der Waals surface area contributed by atoms with E-state index in [1.165, 1.54) is 19.2 Å². The Kier molecular flexibility index (Phi) is 4.13. The first-order chi connectivity index (χ1) is 9.22. The SMILES string of the molecule is COc1ccc(C=O)cc1OCc1cccc(F)c1. The lowest BCUT2D eigenvalue weighted by Gasteiger charge is -2.11. The van der Waals surface area contributed by atoms with Gasteiger partial charge in [-0.05, 0) is 35.9 Å². The number of methoxy groups -OCH3 is 1. The highest BCUT2D eigenvalue weighted by Crippen LogP contribution is 2.28. The number of halogens is 1. The summed E-state index contributed by atoms with van der Waals surface area (Å²) < 4.78 is 23.7. The van der Waals surface area contributed by atoms with Crippen molar-refractivity contribution in [1.82, 2.24) is 0 Å². The van der Waals surface area contributed by atoms with Crippen LogP contribution in [0.2, 0.25) is 0 Å². The molecule has 0 saturated heterocycles. The van der Waals surface area contributed by atoms with E-state index in [9.17, 15) is 9.18 Å². The molecule has 0 amide bonds. The standard InChI is InChI=1S/C15H13FO3/c1-18-14-6-5-11(9-17)8-15(14)19-10-12-3-2-4-13(16)7-12/h2-9H,10H2,1H3. The Morgan fingerprint density at radius 3 is 2.68 bits per heavy atom. The third-order valence-electron chi connectivity index (χ3n) is 2.61. The summed E-state index contributed by atoms with van der Waals surface area (Å²) in [5.74, 6) is 0.674. The highest BCUT2D eigenvalue weighted by molar-refractivity contribution is 5.76. The number of carbonyl (C=O) groups is 1. The summed E-state index contributed by atoms with van der Waals surface area (Å²) >= 11 is 0. The van der Waals surface area contributed by atoms with Gasteiger partial charge in [0.05, 0.1) is 7.11 Å². The minimum atomic E-state index is -0.310. The molecule has 4 heteroatoms. The molecule has 0 bridgehead atoms. The zero-order valence-corrected chi connectivity index (χ0v) is 10.4. The number of aldehydes is 1. The van der Waals surface area contributed by atoms with E-state index in [1.54, 1.807) is 30.3 Å². The van der Waals surface area contributed by atoms with Crippen molar-refractivity contribution < 1.29 is 18.7 Å². The van der Waals surface area contributed by atoms with Crippen LogP contribution in [0.3, 0.4) is 0 Å². The van der Waals surface area contributed by atoms with Crippen molar-refractivity contribution in [1.29, 1.82) is 0 Å². The Hall–Kier alpha value is -2.36. The van der Waals surface area contributed by atoms with Crippen LogP contribution in [0.4, 0.5) is 4.39 Å². The Bertz CT molecular complexity index is 581. The van der Waals surface area contributed by atoms with Crippen LogP contribution >= 0.6 is 0 Å². The maximum atomic E-state index is 13.0. The molecule has 0 fully saturated rings. The summed E-state index contributed by atoms with van der Waals surface area (Å²) in [6.45, 7) is 0.205. The number of hydrogen-bond donors (Lipinski definition) is 0. The van der Waals surface area contributed by atoms with Crippen molar-refractivity contribution in [2.75, 3.05) is 7.11 Å². The number of ether oxygens (including phenoxy) is 2. The van der Waals surface area contributed by atoms with E-state index in [2.05, 4.69) is 0 Å². The fraction of sp³-hybridized carbons (Fsp3) is 0.133. The van der Waals surface area contributed by atoms with E-state index in [0.717, 1.165) is 6.29 Å². The molecule has 0 radical (unpaired) electrons. The van der Waals surface area contributed by atoms with Crippen LogP contribution in [0.1, 0.15) is 15.9 Å². The van der Waals surface area contributed by atoms with Crippen molar-refractivity contribution in [3.05, 3.63) is 59.4 Å². The minimum Gasteiger partial charge on any atom is -0.493 e. The lowest BCUT2D eigenvalue weighted by Crippen LogP contribution is -1.99. The molecule has 0 aliphatic carbocycles. The second-order valence-electron chi connectivity index (χ2n) is 3.95. The van der Waals surface area contributed by atoms with Gasteiger partial charge in [0.15, 0.2) is 11.5 Å². The van der Waals surface area contributed by atoms with E-state index in [-0.39, 0.29) is 12.4 Å². The molecule has 0 unspecified atom stereocenters. The number of hydrogen-bond acceptors (Lipinski definition) is 3. The Labute approximate surface area is 110 Å². The molecule has 0 N–H and O–H groups in total. The molecule has 0 heterocycles. The quantitative estimate of drug-likeness (QED) is 0.774. The monoisotopic (exact) mass is 260 g/mol. The Morgan fingerprint density at radius 2 is 2.00 bits per heavy atom. The summed E-state index contributed by atoms with van der Waals surface area (Å²) in [6, 6.07) is 11.0. The van der Waals surface area contributed by atoms with Crippen LogP contribution < -0.4 is 9.47 Å². The average Bonchev–Trinajstić information content (AvgIpc) is 2.45. The third-order valence-corrected chi connectivity index (χ3v) is 2.61. The van der Waals surface area contributed by atoms with Gasteiger partial charge in [-0.2, -0.15) is 0 Å². The van der Waals surface area contributed by atoms with Gasteiger partial charge in [0.2, 0.25) is 0 Å². The minimum absolute atomic E-state index is 0.205. The smallest absolute Gasteiger partial charge is 0.162 e. The molecule has 2 rings (SSSR count). The summed E-state index contributed by atoms with van der Waals surface area (Å²) in [5, 5.41) is 0. The molecule has 19 heavy (non-hydrogen) atoms. The fourth-order valence-electron chi connectivity index (χ4n) is 1.67. The lowest BCUT2D eigenvalue weighted by atomic mass is 10.2. The van der Waals surface area contributed by atoms with Gasteiger partial charge in [-0.1, -0.05) is 12.1 Å². The van der Waals surface area contributed by atoms with E-state index in [4.69, 9.17) is 9.47 Å². The predicted molar refractivity (Wildman–Crippen MR) is 69.1 cm³/mol. The van der Waals surface area contributed by atoms with Crippen molar-refractivity contribution in [2.45, 2.75) is 6.61 Å². The number of rotatable bonds is 5. The van der Waals surface area contributed by atoms with Gasteiger partial charge in [-0.15, -0.1) is 0 Å². The number of benzene rings is 2. The van der Waals surface area contributed by atoms with E-state index >= 15 is 0 Å². The van der Waals surface area contributed by atoms with Crippen LogP contribution in [0.25, 0.3) is 0 Å². The summed E-state index contributed by atoms with van der Waals surface area (Å²) in [6.07, 6.45) is 0.731. The molecule has 98 valence electrons. The molecule has 0 aromatic heterocycles. The molecular weight excluding hydrogens is 247 g/mol. The van der Waals surface area contributed by atoms with Gasteiger partial charge in [-0.25, -0.2) is 4.39 Å².